The average Bonchev–Trinajstić information content (AvgIpc) is 3.06. The van der Waals surface area contributed by atoms with Gasteiger partial charge in [0.15, 0.2) is 16.2 Å². The van der Waals surface area contributed by atoms with E-state index >= 15 is 0 Å². The molecule has 2 aromatic heterocycles. The zero-order chi connectivity index (χ0) is 20.8. The third-order valence-corrected chi connectivity index (χ3v) is 7.41. The van der Waals surface area contributed by atoms with Crippen LogP contribution >= 0.6 is 11.6 Å². The Labute approximate surface area is 175 Å². The summed E-state index contributed by atoms with van der Waals surface area (Å²) in [4.78, 5) is 9.51. The number of halogens is 1. The molecule has 1 aliphatic heterocycles. The highest BCUT2D eigenvalue weighted by Gasteiger charge is 2.39. The third-order valence-electron chi connectivity index (χ3n) is 5.07. The molecule has 0 saturated carbocycles. The van der Waals surface area contributed by atoms with Gasteiger partial charge in [0.1, 0.15) is 11.5 Å². The molecule has 29 heavy (non-hydrogen) atoms. The Hall–Kier alpha value is -2.13. The predicted octanol–water partition coefficient (Wildman–Crippen LogP) is 3.93. The first-order valence-electron chi connectivity index (χ1n) is 9.39. The highest BCUT2D eigenvalue weighted by Crippen LogP contribution is 2.35. The molecule has 1 aromatic carbocycles. The number of nitrogens with zero attached hydrogens (tertiary/aromatic N) is 4. The Morgan fingerprint density at radius 1 is 1.24 bits per heavy atom. The lowest BCUT2D eigenvalue weighted by atomic mass is 10.00. The maximum Gasteiger partial charge on any atom is 0.240 e. The van der Waals surface area contributed by atoms with E-state index in [2.05, 4.69) is 10.1 Å². The van der Waals surface area contributed by atoms with Gasteiger partial charge in [-0.2, -0.15) is 0 Å². The number of hydrogen-bond acceptors (Lipinski definition) is 6. The topological polar surface area (TPSA) is 95.2 Å². The summed E-state index contributed by atoms with van der Waals surface area (Å²) in [6.45, 7) is 5.80. The normalized spacial score (nSPS) is 16.4. The van der Waals surface area contributed by atoms with Crippen LogP contribution in [0.15, 0.2) is 33.7 Å². The number of fused-ring (bicyclic) bond motifs is 1. The summed E-state index contributed by atoms with van der Waals surface area (Å²) >= 11 is 6.04. The summed E-state index contributed by atoms with van der Waals surface area (Å²) in [7, 11) is -3.74. The summed E-state index contributed by atoms with van der Waals surface area (Å²) in [6, 6.07) is 7.40. The van der Waals surface area contributed by atoms with E-state index in [1.165, 1.54) is 4.31 Å². The quantitative estimate of drug-likeness (QED) is 0.579. The Kier molecular flexibility index (Phi) is 5.29. The molecule has 152 valence electrons. The van der Waals surface area contributed by atoms with Crippen LogP contribution in [-0.4, -0.2) is 30.5 Å². The molecule has 0 fully saturated rings. The molecule has 1 unspecified atom stereocenters. The minimum Gasteiger partial charge on any atom is -0.593 e. The van der Waals surface area contributed by atoms with Gasteiger partial charge in [0.25, 0.3) is 0 Å². The maximum atomic E-state index is 13.3. The first kappa shape index (κ1) is 20.2. The van der Waals surface area contributed by atoms with Crippen molar-refractivity contribution in [2.24, 2.45) is 0 Å². The van der Waals surface area contributed by atoms with Gasteiger partial charge < -0.3 is 9.08 Å². The first-order chi connectivity index (χ1) is 13.8. The van der Waals surface area contributed by atoms with Crippen molar-refractivity contribution in [3.8, 4) is 11.3 Å². The highest BCUT2D eigenvalue weighted by atomic mass is 35.5. The molecule has 0 saturated heterocycles. The SMILES string of the molecule is CCc1nc2c(c(-c3ccc(Cl)cc3)n1)CN([S+](=O)([O-])c1c(C)noc1C)CC2. The van der Waals surface area contributed by atoms with Crippen molar-refractivity contribution in [2.45, 2.75) is 45.1 Å². The van der Waals surface area contributed by atoms with E-state index in [1.807, 2.05) is 19.1 Å². The molecule has 3 aromatic rings. The van der Waals surface area contributed by atoms with Crippen molar-refractivity contribution in [1.82, 2.24) is 19.4 Å². The molecular weight excluding hydrogens is 412 g/mol. The highest BCUT2D eigenvalue weighted by molar-refractivity contribution is 7.95. The summed E-state index contributed by atoms with van der Waals surface area (Å²) in [5.41, 5.74) is 3.73. The molecule has 0 N–H and O–H groups in total. The lowest BCUT2D eigenvalue weighted by Gasteiger charge is -2.31. The summed E-state index contributed by atoms with van der Waals surface area (Å²) in [6.07, 6.45) is 1.23. The number of aromatic nitrogens is 3. The van der Waals surface area contributed by atoms with Crippen molar-refractivity contribution in [3.05, 3.63) is 57.8 Å². The van der Waals surface area contributed by atoms with Gasteiger partial charge in [-0.05, 0) is 19.1 Å². The van der Waals surface area contributed by atoms with Crippen molar-refractivity contribution in [3.63, 3.8) is 0 Å². The van der Waals surface area contributed by atoms with E-state index in [0.717, 1.165) is 28.3 Å². The third kappa shape index (κ3) is 3.61. The molecule has 0 aliphatic carbocycles. The van der Waals surface area contributed by atoms with Gasteiger partial charge in [0.05, 0.1) is 24.5 Å². The van der Waals surface area contributed by atoms with Crippen LogP contribution in [0.25, 0.3) is 11.3 Å². The fourth-order valence-electron chi connectivity index (χ4n) is 3.62. The second-order valence-electron chi connectivity index (χ2n) is 7.02. The smallest absolute Gasteiger partial charge is 0.240 e. The fraction of sp³-hybridized carbons (Fsp3) is 0.350. The molecular formula is C20H21ClN4O3S. The van der Waals surface area contributed by atoms with Crippen LogP contribution in [0.4, 0.5) is 0 Å². The Bertz CT molecular complexity index is 1090. The van der Waals surface area contributed by atoms with Crippen LogP contribution in [0.1, 0.15) is 35.5 Å². The van der Waals surface area contributed by atoms with Crippen LogP contribution in [0, 0.1) is 13.8 Å². The number of rotatable bonds is 4. The molecule has 1 atom stereocenters. The van der Waals surface area contributed by atoms with Gasteiger partial charge in [-0.15, -0.1) is 4.31 Å². The molecule has 0 bridgehead atoms. The van der Waals surface area contributed by atoms with E-state index in [-0.39, 0.29) is 11.4 Å². The molecule has 4 rings (SSSR count). The van der Waals surface area contributed by atoms with Crippen LogP contribution in [-0.2, 0) is 34.0 Å². The van der Waals surface area contributed by atoms with Gasteiger partial charge in [-0.25, -0.2) is 9.97 Å². The molecule has 3 heterocycles. The molecule has 0 spiro atoms. The molecule has 1 aliphatic rings. The lowest BCUT2D eigenvalue weighted by Crippen LogP contribution is -2.41. The molecule has 0 radical (unpaired) electrons. The standard InChI is InChI=1S/C20H21ClN4O3S/c1-4-18-22-17-9-10-25(29(26,27)20-12(2)24-28-13(20)3)11-16(17)19(23-18)14-5-7-15(21)8-6-14/h5-8H,4,9-11H2,1-3H3. The summed E-state index contributed by atoms with van der Waals surface area (Å²) in [5.74, 6) is 1.04. The van der Waals surface area contributed by atoms with E-state index < -0.39 is 10.4 Å². The molecule has 0 amide bonds. The lowest BCUT2D eigenvalue weighted by molar-refractivity contribution is 0.334. The second kappa shape index (κ2) is 7.60. The second-order valence-corrected chi connectivity index (χ2v) is 9.33. The molecule has 7 nitrogen and oxygen atoms in total. The number of sulfonamides is 1. The van der Waals surface area contributed by atoms with Crippen LogP contribution in [0.5, 0.6) is 0 Å². The van der Waals surface area contributed by atoms with Crippen molar-refractivity contribution in [1.29, 1.82) is 0 Å². The Morgan fingerprint density at radius 2 is 1.97 bits per heavy atom. The zero-order valence-electron chi connectivity index (χ0n) is 16.4. The van der Waals surface area contributed by atoms with Crippen LogP contribution in [0.3, 0.4) is 0 Å². The molecule has 9 heteroatoms. The minimum absolute atomic E-state index is 0.139. The van der Waals surface area contributed by atoms with Gasteiger partial charge >= 0.3 is 0 Å². The minimum atomic E-state index is -3.74. The van der Waals surface area contributed by atoms with Crippen molar-refractivity contribution >= 4 is 22.0 Å². The predicted molar refractivity (Wildman–Crippen MR) is 109 cm³/mol. The van der Waals surface area contributed by atoms with Crippen molar-refractivity contribution < 1.29 is 13.3 Å². The van der Waals surface area contributed by atoms with Crippen LogP contribution < -0.4 is 0 Å². The summed E-state index contributed by atoms with van der Waals surface area (Å²) < 4.78 is 33.1. The number of benzene rings is 1. The maximum absolute atomic E-state index is 13.3. The largest absolute Gasteiger partial charge is 0.593 e. The number of aryl methyl sites for hydroxylation is 3. The van der Waals surface area contributed by atoms with Gasteiger partial charge in [0, 0.05) is 35.9 Å². The monoisotopic (exact) mass is 432 g/mol. The first-order valence-corrected chi connectivity index (χ1v) is 11.2. The van der Waals surface area contributed by atoms with E-state index in [1.54, 1.807) is 26.0 Å². The van der Waals surface area contributed by atoms with Crippen molar-refractivity contribution in [2.75, 3.05) is 6.54 Å². The van der Waals surface area contributed by atoms with Gasteiger partial charge in [0.2, 0.25) is 4.90 Å². The Balaban J connectivity index is 1.79. The summed E-state index contributed by atoms with van der Waals surface area (Å²) in [5, 5.41) is 4.43. The zero-order valence-corrected chi connectivity index (χ0v) is 18.0. The van der Waals surface area contributed by atoms with E-state index in [4.69, 9.17) is 21.1 Å². The van der Waals surface area contributed by atoms with Gasteiger partial charge in [-0.3, -0.25) is 0 Å². The fourth-order valence-corrected chi connectivity index (χ4v) is 5.45. The Morgan fingerprint density at radius 3 is 2.59 bits per heavy atom. The average molecular weight is 433 g/mol. The number of hydrogen-bond donors (Lipinski definition) is 0. The van der Waals surface area contributed by atoms with Gasteiger partial charge in [-0.1, -0.05) is 40.0 Å². The van der Waals surface area contributed by atoms with E-state index in [0.29, 0.717) is 35.9 Å². The van der Waals surface area contributed by atoms with Crippen LogP contribution in [0.2, 0.25) is 5.02 Å². The van der Waals surface area contributed by atoms with E-state index in [9.17, 15) is 8.76 Å².